The smallest absolute Gasteiger partial charge is 0.354 e. The Morgan fingerprint density at radius 1 is 1.18 bits per heavy atom. The van der Waals surface area contributed by atoms with Gasteiger partial charge in [-0.3, -0.25) is 4.79 Å². The highest BCUT2D eigenvalue weighted by molar-refractivity contribution is 7.90. The summed E-state index contributed by atoms with van der Waals surface area (Å²) in [5.74, 6) is -1.59. The first-order chi connectivity index (χ1) is 13.3. The third-order valence-electron chi connectivity index (χ3n) is 4.08. The second-order valence-electron chi connectivity index (χ2n) is 6.10. The van der Waals surface area contributed by atoms with Crippen molar-refractivity contribution in [3.05, 3.63) is 53.3 Å². The van der Waals surface area contributed by atoms with E-state index in [1.807, 2.05) is 11.6 Å². The number of carbonyl (C=O) groups excluding carboxylic acids is 1. The quantitative estimate of drug-likeness (QED) is 0.614. The van der Waals surface area contributed by atoms with E-state index in [0.717, 1.165) is 25.5 Å². The van der Waals surface area contributed by atoms with E-state index in [4.69, 9.17) is 4.74 Å². The number of carboxylic acids is 1. The largest absolute Gasteiger partial charge is 0.497 e. The number of nitrogens with one attached hydrogen (secondary N) is 1. The maximum absolute atomic E-state index is 12.4. The van der Waals surface area contributed by atoms with Gasteiger partial charge < -0.3 is 9.84 Å². The Bertz CT molecular complexity index is 955. The molecule has 0 saturated heterocycles. The minimum absolute atomic E-state index is 0.0198. The number of benzene rings is 1. The summed E-state index contributed by atoms with van der Waals surface area (Å²) >= 11 is 0. The highest BCUT2D eigenvalue weighted by atomic mass is 32.2. The number of ether oxygens (including phenoxy) is 1. The molecule has 0 aliphatic heterocycles. The van der Waals surface area contributed by atoms with Gasteiger partial charge in [-0.1, -0.05) is 19.8 Å². The second kappa shape index (κ2) is 9.32. The van der Waals surface area contributed by atoms with Gasteiger partial charge in [0, 0.05) is 6.20 Å². The van der Waals surface area contributed by atoms with Gasteiger partial charge >= 0.3 is 5.97 Å². The monoisotopic (exact) mass is 406 g/mol. The van der Waals surface area contributed by atoms with Crippen LogP contribution >= 0.6 is 0 Å². The van der Waals surface area contributed by atoms with Crippen LogP contribution in [0.2, 0.25) is 0 Å². The van der Waals surface area contributed by atoms with Gasteiger partial charge in [-0.25, -0.2) is 22.9 Å². The van der Waals surface area contributed by atoms with Crippen molar-refractivity contribution < 1.29 is 27.9 Å². The lowest BCUT2D eigenvalue weighted by Gasteiger charge is -2.10. The van der Waals surface area contributed by atoms with Crippen molar-refractivity contribution in [2.75, 3.05) is 7.11 Å². The van der Waals surface area contributed by atoms with E-state index in [0.29, 0.717) is 17.7 Å². The molecule has 8 nitrogen and oxygen atoms in total. The molecule has 0 atom stereocenters. The summed E-state index contributed by atoms with van der Waals surface area (Å²) in [4.78, 5) is 27.5. The van der Waals surface area contributed by atoms with Crippen LogP contribution in [0, 0.1) is 0 Å². The molecule has 0 aliphatic rings. The molecule has 2 aromatic rings. The van der Waals surface area contributed by atoms with E-state index >= 15 is 0 Å². The van der Waals surface area contributed by atoms with Crippen LogP contribution in [0.15, 0.2) is 41.4 Å². The SMILES string of the molecule is CCCCCc1cc(C(=O)NS(=O)(=O)c2ccc(OC)cc2)cnc1C(=O)O. The Morgan fingerprint density at radius 3 is 2.43 bits per heavy atom. The summed E-state index contributed by atoms with van der Waals surface area (Å²) in [6.07, 6.45) is 4.10. The van der Waals surface area contributed by atoms with Crippen LogP contribution < -0.4 is 9.46 Å². The molecule has 9 heteroatoms. The zero-order chi connectivity index (χ0) is 20.7. The lowest BCUT2D eigenvalue weighted by atomic mass is 10.0. The number of rotatable bonds is 9. The number of hydrogen-bond acceptors (Lipinski definition) is 6. The first kappa shape index (κ1) is 21.4. The normalized spacial score (nSPS) is 11.1. The lowest BCUT2D eigenvalue weighted by molar-refractivity contribution is 0.0688. The van der Waals surface area contributed by atoms with Gasteiger partial charge in [0.05, 0.1) is 17.6 Å². The predicted octanol–water partition coefficient (Wildman–Crippen LogP) is 2.64. The van der Waals surface area contributed by atoms with Crippen molar-refractivity contribution in [2.45, 2.75) is 37.5 Å². The number of unbranched alkanes of at least 4 members (excludes halogenated alkanes) is 2. The molecular formula is C19H22N2O6S. The van der Waals surface area contributed by atoms with Crippen LogP contribution in [0.3, 0.4) is 0 Å². The lowest BCUT2D eigenvalue weighted by Crippen LogP contribution is -2.31. The van der Waals surface area contributed by atoms with Crippen LogP contribution in [0.5, 0.6) is 5.75 Å². The van der Waals surface area contributed by atoms with Crippen LogP contribution in [0.4, 0.5) is 0 Å². The number of amides is 1. The van der Waals surface area contributed by atoms with Crippen molar-refractivity contribution in [3.63, 3.8) is 0 Å². The zero-order valence-corrected chi connectivity index (χ0v) is 16.5. The van der Waals surface area contributed by atoms with Gasteiger partial charge in [0.25, 0.3) is 15.9 Å². The molecule has 1 aromatic carbocycles. The van der Waals surface area contributed by atoms with Crippen molar-refractivity contribution in [1.82, 2.24) is 9.71 Å². The molecule has 0 aliphatic carbocycles. The number of nitrogens with zero attached hydrogens (tertiary/aromatic N) is 1. The van der Waals surface area contributed by atoms with Gasteiger partial charge in [-0.05, 0) is 48.7 Å². The molecule has 1 aromatic heterocycles. The van der Waals surface area contributed by atoms with Crippen molar-refractivity contribution >= 4 is 21.9 Å². The third kappa shape index (κ3) is 5.29. The molecule has 150 valence electrons. The molecule has 0 saturated carbocycles. The van der Waals surface area contributed by atoms with Crippen LogP contribution in [-0.4, -0.2) is 37.5 Å². The van der Waals surface area contributed by atoms with Gasteiger partial charge in [-0.2, -0.15) is 0 Å². The number of carbonyl (C=O) groups is 2. The number of methoxy groups -OCH3 is 1. The van der Waals surface area contributed by atoms with E-state index in [9.17, 15) is 23.1 Å². The van der Waals surface area contributed by atoms with Crippen molar-refractivity contribution in [2.24, 2.45) is 0 Å². The Kier molecular flexibility index (Phi) is 7.11. The summed E-state index contributed by atoms with van der Waals surface area (Å²) in [6, 6.07) is 6.94. The van der Waals surface area contributed by atoms with E-state index in [1.165, 1.54) is 37.4 Å². The molecule has 0 spiro atoms. The average molecular weight is 406 g/mol. The molecule has 0 unspecified atom stereocenters. The van der Waals surface area contributed by atoms with Crippen molar-refractivity contribution in [1.29, 1.82) is 0 Å². The number of aromatic carboxylic acids is 1. The minimum atomic E-state index is -4.09. The summed E-state index contributed by atoms with van der Waals surface area (Å²) in [5, 5.41) is 9.26. The Hall–Kier alpha value is -2.94. The highest BCUT2D eigenvalue weighted by Crippen LogP contribution is 2.17. The highest BCUT2D eigenvalue weighted by Gasteiger charge is 2.21. The first-order valence-electron chi connectivity index (χ1n) is 8.72. The van der Waals surface area contributed by atoms with E-state index in [-0.39, 0.29) is 16.2 Å². The predicted molar refractivity (Wildman–Crippen MR) is 102 cm³/mol. The third-order valence-corrected chi connectivity index (χ3v) is 5.42. The summed E-state index contributed by atoms with van der Waals surface area (Å²) in [6.45, 7) is 2.02. The molecular weight excluding hydrogens is 384 g/mol. The average Bonchev–Trinajstić information content (AvgIpc) is 2.67. The summed E-state index contributed by atoms with van der Waals surface area (Å²) in [7, 11) is -2.64. The number of aromatic nitrogens is 1. The molecule has 2 rings (SSSR count). The fourth-order valence-corrected chi connectivity index (χ4v) is 3.55. The molecule has 0 radical (unpaired) electrons. The van der Waals surface area contributed by atoms with Gasteiger partial charge in [0.1, 0.15) is 5.75 Å². The van der Waals surface area contributed by atoms with Gasteiger partial charge in [0.15, 0.2) is 5.69 Å². The standard InChI is InChI=1S/C19H22N2O6S/c1-3-4-5-6-13-11-14(12-20-17(13)19(23)24)18(22)21-28(25,26)16-9-7-15(27-2)8-10-16/h7-12H,3-6H2,1-2H3,(H,21,22)(H,23,24). The zero-order valence-electron chi connectivity index (χ0n) is 15.6. The summed E-state index contributed by atoms with van der Waals surface area (Å²) < 4.78 is 31.8. The first-order valence-corrected chi connectivity index (χ1v) is 10.2. The Labute approximate surface area is 163 Å². The fourth-order valence-electron chi connectivity index (χ4n) is 2.58. The van der Waals surface area contributed by atoms with E-state index < -0.39 is 21.9 Å². The van der Waals surface area contributed by atoms with Crippen LogP contribution in [0.1, 0.15) is 52.6 Å². The molecule has 1 heterocycles. The number of hydrogen-bond donors (Lipinski definition) is 2. The van der Waals surface area contributed by atoms with Crippen LogP contribution in [-0.2, 0) is 16.4 Å². The topological polar surface area (TPSA) is 123 Å². The van der Waals surface area contributed by atoms with Gasteiger partial charge in [0.2, 0.25) is 0 Å². The molecule has 2 N–H and O–H groups in total. The van der Waals surface area contributed by atoms with E-state index in [1.54, 1.807) is 0 Å². The number of carboxylic acid groups (broad SMARTS) is 1. The van der Waals surface area contributed by atoms with Gasteiger partial charge in [-0.15, -0.1) is 0 Å². The molecule has 1 amide bonds. The molecule has 28 heavy (non-hydrogen) atoms. The maximum atomic E-state index is 12.4. The number of pyridine rings is 1. The minimum Gasteiger partial charge on any atom is -0.497 e. The Balaban J connectivity index is 2.24. The maximum Gasteiger partial charge on any atom is 0.354 e. The fraction of sp³-hybridized carbons (Fsp3) is 0.316. The Morgan fingerprint density at radius 2 is 1.86 bits per heavy atom. The van der Waals surface area contributed by atoms with Crippen molar-refractivity contribution in [3.8, 4) is 5.75 Å². The van der Waals surface area contributed by atoms with Crippen LogP contribution in [0.25, 0.3) is 0 Å². The van der Waals surface area contributed by atoms with E-state index in [2.05, 4.69) is 4.98 Å². The summed E-state index contributed by atoms with van der Waals surface area (Å²) in [5.41, 5.74) is 0.245. The number of aryl methyl sites for hydroxylation is 1. The number of sulfonamides is 1. The molecule has 0 bridgehead atoms. The molecule has 0 fully saturated rings. The second-order valence-corrected chi connectivity index (χ2v) is 7.79.